The molecule has 1 saturated heterocycles. The lowest BCUT2D eigenvalue weighted by Crippen LogP contribution is -2.36. The Labute approximate surface area is 166 Å². The third kappa shape index (κ3) is 5.39. The van der Waals surface area contributed by atoms with Crippen molar-refractivity contribution in [3.05, 3.63) is 53.2 Å². The first-order valence-electron chi connectivity index (χ1n) is 9.47. The first-order chi connectivity index (χ1) is 13.2. The van der Waals surface area contributed by atoms with Crippen LogP contribution in [-0.2, 0) is 13.1 Å². The highest BCUT2D eigenvalue weighted by Crippen LogP contribution is 2.21. The molecule has 144 valence electrons. The van der Waals surface area contributed by atoms with Gasteiger partial charge in [0, 0.05) is 44.3 Å². The van der Waals surface area contributed by atoms with Crippen molar-refractivity contribution in [2.45, 2.75) is 37.8 Å². The van der Waals surface area contributed by atoms with Gasteiger partial charge in [-0.15, -0.1) is 11.8 Å². The van der Waals surface area contributed by atoms with Crippen molar-refractivity contribution in [3.63, 3.8) is 0 Å². The summed E-state index contributed by atoms with van der Waals surface area (Å²) in [6.07, 6.45) is 6.54. The van der Waals surface area contributed by atoms with E-state index in [1.165, 1.54) is 34.4 Å². The summed E-state index contributed by atoms with van der Waals surface area (Å²) in [7, 11) is 1.81. The standard InChI is InChI=1S/C21H29N5S/c1-16-6-7-18(19(12-16)27-3)15-25-21(22-2)24-14-17-8-9-23-20(13-17)26-10-4-5-11-26/h6-9,12-13H,4-5,10-11,14-15H2,1-3H3,(H2,22,24,25). The Morgan fingerprint density at radius 3 is 2.67 bits per heavy atom. The minimum absolute atomic E-state index is 0.728. The lowest BCUT2D eigenvalue weighted by Gasteiger charge is -2.17. The minimum Gasteiger partial charge on any atom is -0.357 e. The van der Waals surface area contributed by atoms with E-state index in [-0.39, 0.29) is 0 Å². The Bertz CT molecular complexity index is 784. The molecular weight excluding hydrogens is 354 g/mol. The summed E-state index contributed by atoms with van der Waals surface area (Å²) < 4.78 is 0. The van der Waals surface area contributed by atoms with Gasteiger partial charge in [-0.2, -0.15) is 0 Å². The van der Waals surface area contributed by atoms with Gasteiger partial charge < -0.3 is 15.5 Å². The Kier molecular flexibility index (Phi) is 6.98. The summed E-state index contributed by atoms with van der Waals surface area (Å²) >= 11 is 1.78. The van der Waals surface area contributed by atoms with Gasteiger partial charge in [0.15, 0.2) is 5.96 Å². The molecule has 0 amide bonds. The number of aryl methyl sites for hydroxylation is 1. The molecule has 6 heteroatoms. The van der Waals surface area contributed by atoms with Crippen LogP contribution in [0.5, 0.6) is 0 Å². The zero-order valence-electron chi connectivity index (χ0n) is 16.5. The minimum atomic E-state index is 0.728. The van der Waals surface area contributed by atoms with Crippen LogP contribution in [0.1, 0.15) is 29.5 Å². The number of benzene rings is 1. The number of nitrogens with zero attached hydrogens (tertiary/aromatic N) is 3. The molecule has 0 radical (unpaired) electrons. The molecule has 0 aliphatic carbocycles. The van der Waals surface area contributed by atoms with E-state index in [0.717, 1.165) is 38.0 Å². The van der Waals surface area contributed by atoms with Crippen LogP contribution in [0, 0.1) is 6.92 Å². The molecule has 3 rings (SSSR count). The van der Waals surface area contributed by atoms with E-state index >= 15 is 0 Å². The van der Waals surface area contributed by atoms with Crippen molar-refractivity contribution in [1.82, 2.24) is 15.6 Å². The van der Waals surface area contributed by atoms with Crippen molar-refractivity contribution in [2.24, 2.45) is 4.99 Å². The second-order valence-corrected chi connectivity index (χ2v) is 7.66. The first-order valence-corrected chi connectivity index (χ1v) is 10.7. The summed E-state index contributed by atoms with van der Waals surface area (Å²) in [5.74, 6) is 1.89. The van der Waals surface area contributed by atoms with Gasteiger partial charge in [-0.3, -0.25) is 4.99 Å². The quantitative estimate of drug-likeness (QED) is 0.454. The number of hydrogen-bond donors (Lipinski definition) is 2. The average Bonchev–Trinajstić information content (AvgIpc) is 3.24. The molecule has 1 aliphatic rings. The lowest BCUT2D eigenvalue weighted by molar-refractivity contribution is 0.799. The number of hydrogen-bond acceptors (Lipinski definition) is 4. The second kappa shape index (κ2) is 9.65. The van der Waals surface area contributed by atoms with Crippen LogP contribution in [-0.4, -0.2) is 37.3 Å². The molecule has 0 unspecified atom stereocenters. The molecule has 0 saturated carbocycles. The van der Waals surface area contributed by atoms with Gasteiger partial charge >= 0.3 is 0 Å². The van der Waals surface area contributed by atoms with Gasteiger partial charge in [0.05, 0.1) is 0 Å². The molecule has 1 aromatic carbocycles. The Morgan fingerprint density at radius 1 is 1.15 bits per heavy atom. The number of aromatic nitrogens is 1. The Hall–Kier alpha value is -2.21. The molecule has 0 spiro atoms. The fourth-order valence-electron chi connectivity index (χ4n) is 3.27. The van der Waals surface area contributed by atoms with Crippen LogP contribution in [0.2, 0.25) is 0 Å². The number of guanidine groups is 1. The zero-order valence-corrected chi connectivity index (χ0v) is 17.3. The van der Waals surface area contributed by atoms with Gasteiger partial charge in [0.2, 0.25) is 0 Å². The van der Waals surface area contributed by atoms with E-state index in [0.29, 0.717) is 0 Å². The van der Waals surface area contributed by atoms with Gasteiger partial charge in [-0.05, 0) is 60.9 Å². The number of pyridine rings is 1. The highest BCUT2D eigenvalue weighted by atomic mass is 32.2. The summed E-state index contributed by atoms with van der Waals surface area (Å²) in [6.45, 7) is 5.84. The van der Waals surface area contributed by atoms with Crippen LogP contribution >= 0.6 is 11.8 Å². The topological polar surface area (TPSA) is 52.6 Å². The molecule has 1 aromatic heterocycles. The number of aliphatic imine (C=N–C) groups is 1. The van der Waals surface area contributed by atoms with Gasteiger partial charge in [-0.1, -0.05) is 12.1 Å². The highest BCUT2D eigenvalue weighted by molar-refractivity contribution is 7.98. The fourth-order valence-corrected chi connectivity index (χ4v) is 3.98. The molecule has 2 aromatic rings. The lowest BCUT2D eigenvalue weighted by atomic mass is 10.1. The molecule has 27 heavy (non-hydrogen) atoms. The van der Waals surface area contributed by atoms with Gasteiger partial charge in [0.1, 0.15) is 5.82 Å². The largest absolute Gasteiger partial charge is 0.357 e. The third-order valence-electron chi connectivity index (χ3n) is 4.81. The predicted molar refractivity (Wildman–Crippen MR) is 116 cm³/mol. The number of nitrogens with one attached hydrogen (secondary N) is 2. The zero-order chi connectivity index (χ0) is 19.1. The van der Waals surface area contributed by atoms with Crippen molar-refractivity contribution in [2.75, 3.05) is 31.3 Å². The van der Waals surface area contributed by atoms with Crippen LogP contribution in [0.15, 0.2) is 46.4 Å². The third-order valence-corrected chi connectivity index (χ3v) is 5.63. The maximum absolute atomic E-state index is 4.52. The maximum Gasteiger partial charge on any atom is 0.191 e. The predicted octanol–water partition coefficient (Wildman–Crippen LogP) is 3.58. The van der Waals surface area contributed by atoms with Crippen molar-refractivity contribution in [1.29, 1.82) is 0 Å². The molecule has 1 fully saturated rings. The molecule has 5 nitrogen and oxygen atoms in total. The van der Waals surface area contributed by atoms with E-state index in [9.17, 15) is 0 Å². The fraction of sp³-hybridized carbons (Fsp3) is 0.429. The summed E-state index contributed by atoms with van der Waals surface area (Å²) in [6, 6.07) is 10.8. The van der Waals surface area contributed by atoms with Crippen molar-refractivity contribution < 1.29 is 0 Å². The van der Waals surface area contributed by atoms with Crippen molar-refractivity contribution in [3.8, 4) is 0 Å². The van der Waals surface area contributed by atoms with Crippen LogP contribution in [0.3, 0.4) is 0 Å². The SMILES string of the molecule is CN=C(NCc1ccnc(N2CCCC2)c1)NCc1ccc(C)cc1SC. The van der Waals surface area contributed by atoms with Gasteiger partial charge in [0.25, 0.3) is 0 Å². The molecule has 0 bridgehead atoms. The molecule has 2 heterocycles. The van der Waals surface area contributed by atoms with E-state index in [1.54, 1.807) is 11.8 Å². The first kappa shape index (κ1) is 19.5. The Balaban J connectivity index is 1.56. The molecule has 0 atom stereocenters. The summed E-state index contributed by atoms with van der Waals surface area (Å²) in [4.78, 5) is 12.5. The van der Waals surface area contributed by atoms with Crippen LogP contribution in [0.4, 0.5) is 5.82 Å². The molecule has 1 aliphatic heterocycles. The maximum atomic E-state index is 4.52. The molecule has 2 N–H and O–H groups in total. The Morgan fingerprint density at radius 2 is 1.93 bits per heavy atom. The smallest absolute Gasteiger partial charge is 0.191 e. The average molecular weight is 384 g/mol. The highest BCUT2D eigenvalue weighted by Gasteiger charge is 2.13. The summed E-state index contributed by atoms with van der Waals surface area (Å²) in [5, 5.41) is 6.83. The van der Waals surface area contributed by atoms with E-state index in [2.05, 4.69) is 69.0 Å². The van der Waals surface area contributed by atoms with Crippen LogP contribution in [0.25, 0.3) is 0 Å². The van der Waals surface area contributed by atoms with E-state index < -0.39 is 0 Å². The normalized spacial score (nSPS) is 14.5. The number of anilines is 1. The number of rotatable bonds is 6. The second-order valence-electron chi connectivity index (χ2n) is 6.81. The van der Waals surface area contributed by atoms with Crippen molar-refractivity contribution >= 4 is 23.5 Å². The monoisotopic (exact) mass is 383 g/mol. The number of thioether (sulfide) groups is 1. The summed E-state index contributed by atoms with van der Waals surface area (Å²) in [5.41, 5.74) is 3.79. The van der Waals surface area contributed by atoms with Gasteiger partial charge in [-0.25, -0.2) is 4.98 Å². The van der Waals surface area contributed by atoms with E-state index in [1.807, 2.05) is 13.2 Å². The van der Waals surface area contributed by atoms with E-state index in [4.69, 9.17) is 0 Å². The van der Waals surface area contributed by atoms with Crippen LogP contribution < -0.4 is 15.5 Å². The molecular formula is C21H29N5S.